The molecule has 0 spiro atoms. The summed E-state index contributed by atoms with van der Waals surface area (Å²) in [4.78, 5) is 20.2. The van der Waals surface area contributed by atoms with Crippen LogP contribution in [0.5, 0.6) is 5.75 Å². The fourth-order valence-electron chi connectivity index (χ4n) is 4.52. The number of benzene rings is 2. The maximum atomic E-state index is 14.3. The second kappa shape index (κ2) is 6.77. The lowest BCUT2D eigenvalue weighted by Gasteiger charge is -2.35. The molecule has 3 heterocycles. The van der Waals surface area contributed by atoms with Crippen LogP contribution in [0.15, 0.2) is 47.5 Å². The molecule has 0 aliphatic heterocycles. The molecule has 0 amide bonds. The molecule has 1 aliphatic carbocycles. The molecule has 1 aliphatic rings. The summed E-state index contributed by atoms with van der Waals surface area (Å²) in [6, 6.07) is 10.5. The van der Waals surface area contributed by atoms with Gasteiger partial charge in [0.2, 0.25) is 0 Å². The van der Waals surface area contributed by atoms with Gasteiger partial charge in [-0.05, 0) is 36.2 Å². The number of nitriles is 1. The molecule has 162 valence electrons. The summed E-state index contributed by atoms with van der Waals surface area (Å²) < 4.78 is 20.5. The predicted molar refractivity (Wildman–Crippen MR) is 122 cm³/mol. The number of H-pyrrole nitrogens is 2. The summed E-state index contributed by atoms with van der Waals surface area (Å²) in [5.74, 6) is -0.0313. The van der Waals surface area contributed by atoms with Crippen LogP contribution in [0.2, 0.25) is 0 Å². The minimum atomic E-state index is -0.903. The molecule has 1 fully saturated rings. The van der Waals surface area contributed by atoms with Crippen LogP contribution in [0, 0.1) is 17.1 Å². The largest absolute Gasteiger partial charge is 0.470 e. The van der Waals surface area contributed by atoms with E-state index in [4.69, 9.17) is 10.5 Å². The van der Waals surface area contributed by atoms with Gasteiger partial charge in [-0.2, -0.15) is 10.4 Å². The Labute approximate surface area is 185 Å². The van der Waals surface area contributed by atoms with E-state index >= 15 is 0 Å². The van der Waals surface area contributed by atoms with E-state index in [-0.39, 0.29) is 11.2 Å². The second-order valence-corrected chi connectivity index (χ2v) is 8.25. The SMILES string of the molecule is N#CC1(Oc2cc3c(-c4ccc(F)c5[nH]ncc45)c(N)c(=O)[nH]c3c3cccnc23)CCC1. The van der Waals surface area contributed by atoms with Gasteiger partial charge in [0.1, 0.15) is 34.4 Å². The highest BCUT2D eigenvalue weighted by Gasteiger charge is 2.40. The van der Waals surface area contributed by atoms with Crippen molar-refractivity contribution < 1.29 is 9.13 Å². The molecule has 3 aromatic heterocycles. The number of nitrogens with two attached hydrogens (primary N) is 1. The Kier molecular flexibility index (Phi) is 3.95. The van der Waals surface area contributed by atoms with Crippen molar-refractivity contribution in [2.45, 2.75) is 24.9 Å². The molecule has 0 radical (unpaired) electrons. The third-order valence-corrected chi connectivity index (χ3v) is 6.38. The molecular weight excluding hydrogens is 423 g/mol. The average molecular weight is 440 g/mol. The van der Waals surface area contributed by atoms with Gasteiger partial charge in [0, 0.05) is 40.8 Å². The first-order chi connectivity index (χ1) is 16.0. The molecule has 33 heavy (non-hydrogen) atoms. The van der Waals surface area contributed by atoms with Crippen LogP contribution >= 0.6 is 0 Å². The summed E-state index contributed by atoms with van der Waals surface area (Å²) in [6.45, 7) is 0. The fraction of sp³-hybridized carbons (Fsp3) is 0.167. The summed E-state index contributed by atoms with van der Waals surface area (Å²) in [5, 5.41) is 18.1. The van der Waals surface area contributed by atoms with E-state index in [1.807, 2.05) is 6.07 Å². The van der Waals surface area contributed by atoms with E-state index in [0.717, 1.165) is 6.42 Å². The first-order valence-corrected chi connectivity index (χ1v) is 10.5. The zero-order chi connectivity index (χ0) is 22.7. The van der Waals surface area contributed by atoms with Gasteiger partial charge < -0.3 is 15.5 Å². The lowest BCUT2D eigenvalue weighted by molar-refractivity contribution is 0.0494. The highest BCUT2D eigenvalue weighted by molar-refractivity contribution is 6.15. The fourth-order valence-corrected chi connectivity index (χ4v) is 4.52. The molecule has 0 atom stereocenters. The Morgan fingerprint density at radius 1 is 1.18 bits per heavy atom. The van der Waals surface area contributed by atoms with Gasteiger partial charge >= 0.3 is 0 Å². The molecule has 6 rings (SSSR count). The topological polar surface area (TPSA) is 133 Å². The van der Waals surface area contributed by atoms with E-state index in [9.17, 15) is 14.4 Å². The Morgan fingerprint density at radius 3 is 2.79 bits per heavy atom. The number of anilines is 1. The summed E-state index contributed by atoms with van der Waals surface area (Å²) in [6.07, 6.45) is 5.30. The van der Waals surface area contributed by atoms with Crippen molar-refractivity contribution in [3.8, 4) is 22.9 Å². The first-order valence-electron chi connectivity index (χ1n) is 10.5. The summed E-state index contributed by atoms with van der Waals surface area (Å²) in [5.41, 5.74) is 7.18. The van der Waals surface area contributed by atoms with E-state index < -0.39 is 17.0 Å². The number of aromatic nitrogens is 4. The molecule has 1 saturated carbocycles. The number of halogens is 1. The van der Waals surface area contributed by atoms with Crippen LogP contribution in [-0.4, -0.2) is 25.8 Å². The van der Waals surface area contributed by atoms with E-state index in [2.05, 4.69) is 26.2 Å². The third kappa shape index (κ3) is 2.70. The van der Waals surface area contributed by atoms with Crippen LogP contribution in [-0.2, 0) is 0 Å². The lowest BCUT2D eigenvalue weighted by Crippen LogP contribution is -2.41. The maximum absolute atomic E-state index is 14.3. The summed E-state index contributed by atoms with van der Waals surface area (Å²) in [7, 11) is 0. The number of nitrogens with one attached hydrogen (secondary N) is 2. The van der Waals surface area contributed by atoms with Crippen molar-refractivity contribution in [1.29, 1.82) is 5.26 Å². The Balaban J connectivity index is 1.74. The van der Waals surface area contributed by atoms with E-state index in [1.54, 1.807) is 24.4 Å². The van der Waals surface area contributed by atoms with Crippen molar-refractivity contribution in [2.75, 3.05) is 5.73 Å². The molecule has 2 aromatic carbocycles. The minimum absolute atomic E-state index is 0.00978. The van der Waals surface area contributed by atoms with E-state index in [0.29, 0.717) is 56.9 Å². The van der Waals surface area contributed by atoms with Gasteiger partial charge in [0.25, 0.3) is 5.56 Å². The van der Waals surface area contributed by atoms with Gasteiger partial charge in [0.15, 0.2) is 5.60 Å². The van der Waals surface area contributed by atoms with Gasteiger partial charge in [0.05, 0.1) is 11.7 Å². The number of hydrogen-bond acceptors (Lipinski definition) is 6. The normalized spacial score (nSPS) is 14.9. The Bertz CT molecular complexity index is 1690. The van der Waals surface area contributed by atoms with Gasteiger partial charge in [-0.1, -0.05) is 6.07 Å². The van der Waals surface area contributed by atoms with Crippen molar-refractivity contribution in [2.24, 2.45) is 0 Å². The highest BCUT2D eigenvalue weighted by atomic mass is 19.1. The van der Waals surface area contributed by atoms with Crippen molar-refractivity contribution in [3.63, 3.8) is 0 Å². The average Bonchev–Trinajstić information content (AvgIpc) is 3.30. The smallest absolute Gasteiger partial charge is 0.272 e. The molecular formula is C24H17FN6O2. The third-order valence-electron chi connectivity index (χ3n) is 6.38. The molecule has 0 unspecified atom stereocenters. The van der Waals surface area contributed by atoms with Crippen LogP contribution in [0.1, 0.15) is 19.3 Å². The number of ether oxygens (including phenoxy) is 1. The van der Waals surface area contributed by atoms with Crippen LogP contribution in [0.25, 0.3) is 43.8 Å². The first kappa shape index (κ1) is 19.3. The number of nitrogen functional groups attached to an aromatic ring is 1. The number of pyridine rings is 2. The molecule has 9 heteroatoms. The maximum Gasteiger partial charge on any atom is 0.272 e. The quantitative estimate of drug-likeness (QED) is 0.361. The van der Waals surface area contributed by atoms with E-state index in [1.165, 1.54) is 12.3 Å². The number of aromatic amines is 2. The molecule has 0 bridgehead atoms. The number of rotatable bonds is 3. The number of nitrogens with zero attached hydrogens (tertiary/aromatic N) is 3. The van der Waals surface area contributed by atoms with Crippen LogP contribution in [0.3, 0.4) is 0 Å². The van der Waals surface area contributed by atoms with Crippen molar-refractivity contribution in [3.05, 3.63) is 58.9 Å². The predicted octanol–water partition coefficient (Wildman–Crippen LogP) is 4.17. The Hall–Kier alpha value is -4.45. The van der Waals surface area contributed by atoms with Crippen LogP contribution in [0.4, 0.5) is 10.1 Å². The highest BCUT2D eigenvalue weighted by Crippen LogP contribution is 2.43. The van der Waals surface area contributed by atoms with Gasteiger partial charge in [-0.25, -0.2) is 4.39 Å². The zero-order valence-corrected chi connectivity index (χ0v) is 17.3. The Morgan fingerprint density at radius 2 is 2.03 bits per heavy atom. The zero-order valence-electron chi connectivity index (χ0n) is 17.3. The molecule has 4 N–H and O–H groups in total. The molecule has 0 saturated heterocycles. The lowest BCUT2D eigenvalue weighted by atomic mass is 9.81. The summed E-state index contributed by atoms with van der Waals surface area (Å²) >= 11 is 0. The van der Waals surface area contributed by atoms with Crippen molar-refractivity contribution in [1.82, 2.24) is 20.2 Å². The van der Waals surface area contributed by atoms with Gasteiger partial charge in [-0.15, -0.1) is 0 Å². The number of hydrogen-bond donors (Lipinski definition) is 3. The second-order valence-electron chi connectivity index (χ2n) is 8.25. The monoisotopic (exact) mass is 440 g/mol. The standard InChI is InChI=1S/C24H17FN6O2/c25-16-5-4-12(15-10-29-31-21(15)16)18-14-9-17(33-24(11-26)6-2-7-24)22-13(3-1-8-28-22)20(14)30-23(32)19(18)27/h1,3-5,8-10H,2,6-7,27H2,(H,29,31)(H,30,32). The minimum Gasteiger partial charge on any atom is -0.470 e. The molecule has 5 aromatic rings. The number of fused-ring (bicyclic) bond motifs is 4. The molecule has 8 nitrogen and oxygen atoms in total. The van der Waals surface area contributed by atoms with Gasteiger partial charge in [-0.3, -0.25) is 14.9 Å². The van der Waals surface area contributed by atoms with Crippen LogP contribution < -0.4 is 16.0 Å². The van der Waals surface area contributed by atoms with Crippen molar-refractivity contribution >= 4 is 38.4 Å².